The maximum atomic E-state index is 11.9. The van der Waals surface area contributed by atoms with Gasteiger partial charge in [-0.15, -0.1) is 0 Å². The van der Waals surface area contributed by atoms with Crippen molar-refractivity contribution in [2.24, 2.45) is 5.10 Å². The number of nitrogens with one attached hydrogen (secondary N) is 1. The second kappa shape index (κ2) is 6.78. The molecule has 122 valence electrons. The maximum absolute atomic E-state index is 11.9. The molecule has 2 aromatic carbocycles. The van der Waals surface area contributed by atoms with Crippen LogP contribution in [-0.2, 0) is 11.2 Å². The number of fused-ring (bicyclic) bond motifs is 1. The Labute approximate surface area is 136 Å². The van der Waals surface area contributed by atoms with Crippen LogP contribution in [0, 0.1) is 10.1 Å². The van der Waals surface area contributed by atoms with Crippen LogP contribution in [0.15, 0.2) is 47.6 Å². The van der Waals surface area contributed by atoms with Crippen LogP contribution in [0.4, 0.5) is 5.69 Å². The minimum atomic E-state index is -0.478. The lowest BCUT2D eigenvalue weighted by Crippen LogP contribution is -2.19. The molecule has 0 radical (unpaired) electrons. The number of benzene rings is 2. The lowest BCUT2D eigenvalue weighted by molar-refractivity contribution is -0.384. The van der Waals surface area contributed by atoms with E-state index in [2.05, 4.69) is 10.5 Å². The summed E-state index contributed by atoms with van der Waals surface area (Å²) in [6, 6.07) is 11.1. The van der Waals surface area contributed by atoms with Gasteiger partial charge in [0.25, 0.3) is 5.69 Å². The topological polar surface area (TPSA) is 103 Å². The summed E-state index contributed by atoms with van der Waals surface area (Å²) in [7, 11) is 0. The first-order valence-corrected chi connectivity index (χ1v) is 7.07. The van der Waals surface area contributed by atoms with E-state index in [9.17, 15) is 14.9 Å². The molecule has 1 amide bonds. The molecule has 1 aliphatic rings. The number of nitrogens with zero attached hydrogens (tertiary/aromatic N) is 2. The van der Waals surface area contributed by atoms with E-state index in [4.69, 9.17) is 9.47 Å². The van der Waals surface area contributed by atoms with Gasteiger partial charge in [-0.25, -0.2) is 5.43 Å². The molecule has 24 heavy (non-hydrogen) atoms. The van der Waals surface area contributed by atoms with E-state index in [-0.39, 0.29) is 24.8 Å². The Balaban J connectivity index is 1.54. The summed E-state index contributed by atoms with van der Waals surface area (Å²) in [5.41, 5.74) is 3.83. The van der Waals surface area contributed by atoms with E-state index in [1.165, 1.54) is 18.3 Å². The number of hydrazone groups is 1. The highest BCUT2D eigenvalue weighted by Crippen LogP contribution is 2.32. The zero-order chi connectivity index (χ0) is 16.9. The SMILES string of the molecule is O=C(Cc1ccc2c(c1)OCO2)N/N=C/c1ccc([N+](=O)[O-])cc1. The highest BCUT2D eigenvalue weighted by Gasteiger charge is 2.14. The summed E-state index contributed by atoms with van der Waals surface area (Å²) in [5.74, 6) is 0.997. The third-order valence-corrected chi connectivity index (χ3v) is 3.31. The maximum Gasteiger partial charge on any atom is 0.269 e. The first-order chi connectivity index (χ1) is 11.6. The summed E-state index contributed by atoms with van der Waals surface area (Å²) in [6.45, 7) is 0.185. The Morgan fingerprint density at radius 3 is 2.71 bits per heavy atom. The summed E-state index contributed by atoms with van der Waals surface area (Å²) in [5, 5.41) is 14.4. The molecule has 1 aliphatic heterocycles. The monoisotopic (exact) mass is 327 g/mol. The zero-order valence-corrected chi connectivity index (χ0v) is 12.5. The first kappa shape index (κ1) is 15.5. The molecule has 0 aliphatic carbocycles. The van der Waals surface area contributed by atoms with Gasteiger partial charge >= 0.3 is 0 Å². The molecule has 2 aromatic rings. The predicted octanol–water partition coefficient (Wildman–Crippen LogP) is 2.02. The normalized spacial score (nSPS) is 12.3. The molecule has 1 heterocycles. The fourth-order valence-electron chi connectivity index (χ4n) is 2.14. The molecular weight excluding hydrogens is 314 g/mol. The Morgan fingerprint density at radius 2 is 1.96 bits per heavy atom. The van der Waals surface area contributed by atoms with Gasteiger partial charge in [0.05, 0.1) is 17.6 Å². The molecule has 8 heteroatoms. The standard InChI is InChI=1S/C16H13N3O5/c20-16(8-12-3-6-14-15(7-12)24-10-23-14)18-17-9-11-1-4-13(5-2-11)19(21)22/h1-7,9H,8,10H2,(H,18,20)/b17-9+. The first-order valence-electron chi connectivity index (χ1n) is 7.07. The number of non-ortho nitro benzene ring substituents is 1. The molecule has 1 N–H and O–H groups in total. The van der Waals surface area contributed by atoms with Crippen molar-refractivity contribution in [2.75, 3.05) is 6.79 Å². The molecule has 8 nitrogen and oxygen atoms in total. The number of amides is 1. The molecule has 0 aromatic heterocycles. The van der Waals surface area contributed by atoms with Crippen molar-refractivity contribution in [3.05, 3.63) is 63.7 Å². The van der Waals surface area contributed by atoms with Gasteiger partial charge in [-0.05, 0) is 35.4 Å². The van der Waals surface area contributed by atoms with Crippen LogP contribution in [-0.4, -0.2) is 23.8 Å². The van der Waals surface area contributed by atoms with Gasteiger partial charge in [0.2, 0.25) is 12.7 Å². The Kier molecular flexibility index (Phi) is 4.37. The van der Waals surface area contributed by atoms with Gasteiger partial charge in [0, 0.05) is 12.1 Å². The molecule has 0 fully saturated rings. The molecule has 0 saturated carbocycles. The number of hydrogen-bond donors (Lipinski definition) is 1. The van der Waals surface area contributed by atoms with Gasteiger partial charge in [-0.1, -0.05) is 6.07 Å². The largest absolute Gasteiger partial charge is 0.454 e. The quantitative estimate of drug-likeness (QED) is 0.514. The van der Waals surface area contributed by atoms with Crippen molar-refractivity contribution in [3.8, 4) is 11.5 Å². The van der Waals surface area contributed by atoms with Gasteiger partial charge in [0.1, 0.15) is 0 Å². The molecular formula is C16H13N3O5. The van der Waals surface area contributed by atoms with Crippen molar-refractivity contribution in [1.82, 2.24) is 5.43 Å². The average Bonchev–Trinajstić information content (AvgIpc) is 3.03. The highest BCUT2D eigenvalue weighted by atomic mass is 16.7. The summed E-state index contributed by atoms with van der Waals surface area (Å²) < 4.78 is 10.5. The van der Waals surface area contributed by atoms with E-state index < -0.39 is 4.92 Å². The van der Waals surface area contributed by atoms with E-state index >= 15 is 0 Å². The van der Waals surface area contributed by atoms with Crippen LogP contribution >= 0.6 is 0 Å². The number of carbonyl (C=O) groups excluding carboxylic acids is 1. The highest BCUT2D eigenvalue weighted by molar-refractivity contribution is 5.83. The van der Waals surface area contributed by atoms with E-state index in [1.807, 2.05) is 0 Å². The minimum Gasteiger partial charge on any atom is -0.454 e. The number of nitro groups is 1. The van der Waals surface area contributed by atoms with Crippen LogP contribution in [0.2, 0.25) is 0 Å². The summed E-state index contributed by atoms with van der Waals surface area (Å²) in [6.07, 6.45) is 1.56. The second-order valence-electron chi connectivity index (χ2n) is 5.01. The van der Waals surface area contributed by atoms with Crippen molar-refractivity contribution in [1.29, 1.82) is 0 Å². The Bertz CT molecular complexity index is 802. The van der Waals surface area contributed by atoms with Gasteiger partial charge in [0.15, 0.2) is 11.5 Å². The van der Waals surface area contributed by atoms with Crippen LogP contribution < -0.4 is 14.9 Å². The number of nitro benzene ring substituents is 1. The van der Waals surface area contributed by atoms with Gasteiger partial charge in [-0.3, -0.25) is 14.9 Å². The fraction of sp³-hybridized carbons (Fsp3) is 0.125. The average molecular weight is 327 g/mol. The Morgan fingerprint density at radius 1 is 1.21 bits per heavy atom. The zero-order valence-electron chi connectivity index (χ0n) is 12.5. The van der Waals surface area contributed by atoms with Crippen molar-refractivity contribution in [3.63, 3.8) is 0 Å². The van der Waals surface area contributed by atoms with E-state index in [1.54, 1.807) is 30.3 Å². The van der Waals surface area contributed by atoms with E-state index in [0.717, 1.165) is 5.56 Å². The van der Waals surface area contributed by atoms with Crippen molar-refractivity contribution < 1.29 is 19.2 Å². The molecule has 3 rings (SSSR count). The van der Waals surface area contributed by atoms with Crippen molar-refractivity contribution >= 4 is 17.8 Å². The molecule has 0 spiro atoms. The third-order valence-electron chi connectivity index (χ3n) is 3.31. The van der Waals surface area contributed by atoms with E-state index in [0.29, 0.717) is 17.1 Å². The smallest absolute Gasteiger partial charge is 0.269 e. The second-order valence-corrected chi connectivity index (χ2v) is 5.01. The lowest BCUT2D eigenvalue weighted by Gasteiger charge is -2.02. The van der Waals surface area contributed by atoms with Crippen LogP contribution in [0.25, 0.3) is 0 Å². The van der Waals surface area contributed by atoms with Crippen LogP contribution in [0.3, 0.4) is 0 Å². The van der Waals surface area contributed by atoms with Gasteiger partial charge in [-0.2, -0.15) is 5.10 Å². The van der Waals surface area contributed by atoms with Gasteiger partial charge < -0.3 is 9.47 Å². The molecule has 0 bridgehead atoms. The number of ether oxygens (including phenoxy) is 2. The molecule has 0 saturated heterocycles. The summed E-state index contributed by atoms with van der Waals surface area (Å²) >= 11 is 0. The number of carbonyl (C=O) groups is 1. The Hall–Kier alpha value is -3.42. The lowest BCUT2D eigenvalue weighted by atomic mass is 10.1. The van der Waals surface area contributed by atoms with Crippen LogP contribution in [0.5, 0.6) is 11.5 Å². The molecule has 0 unspecified atom stereocenters. The van der Waals surface area contributed by atoms with Crippen molar-refractivity contribution in [2.45, 2.75) is 6.42 Å². The predicted molar refractivity (Wildman–Crippen MR) is 85.1 cm³/mol. The third kappa shape index (κ3) is 3.67. The summed E-state index contributed by atoms with van der Waals surface area (Å²) in [4.78, 5) is 21.9. The van der Waals surface area contributed by atoms with Crippen LogP contribution in [0.1, 0.15) is 11.1 Å². The number of rotatable bonds is 5. The number of hydrogen-bond acceptors (Lipinski definition) is 6. The minimum absolute atomic E-state index is 0.000932. The molecule has 0 atom stereocenters. The fourth-order valence-corrected chi connectivity index (χ4v) is 2.14.